The van der Waals surface area contributed by atoms with E-state index in [-0.39, 0.29) is 30.4 Å². The Bertz CT molecular complexity index is 1440. The molecule has 2 amide bonds. The maximum atomic E-state index is 12.8. The highest BCUT2D eigenvalue weighted by Gasteiger charge is 2.18. The normalized spacial score (nSPS) is 18.5. The van der Waals surface area contributed by atoms with Gasteiger partial charge in [0.15, 0.2) is 0 Å². The Balaban J connectivity index is 0.00000368. The first-order valence-corrected chi connectivity index (χ1v) is 14.6. The van der Waals surface area contributed by atoms with Crippen molar-refractivity contribution in [3.8, 4) is 0 Å². The highest BCUT2D eigenvalue weighted by atomic mass is 35.5. The van der Waals surface area contributed by atoms with Crippen LogP contribution in [0, 0.1) is 0 Å². The molecular weight excluding hydrogens is 568 g/mol. The Labute approximate surface area is 256 Å². The van der Waals surface area contributed by atoms with Gasteiger partial charge in [0.25, 0.3) is 0 Å². The molecule has 6 N–H and O–H groups in total. The molecule has 0 aromatic heterocycles. The minimum absolute atomic E-state index is 0. The molecule has 4 aliphatic heterocycles. The average Bonchev–Trinajstić information content (AvgIpc) is 3.83. The standard InChI is InChI=1S/C30H36N10O2.ClH/c41-25(39-23-15-19(27-31-5-6-32-27)13-20(16-23)28-33-7-8-34-28)3-1-2-4-26(42)40-24-17-21(29-35-9-10-36-29)14-22(18-24)30-37-11-12-38-30;/h5,13-18,27,32H,1-4,6-12H2,(H,33,34)(H,35,36)(H,37,38)(H,39,41)(H,40,42);1H. The summed E-state index contributed by atoms with van der Waals surface area (Å²) in [5, 5.41) is 19.3. The monoisotopic (exact) mass is 604 g/mol. The van der Waals surface area contributed by atoms with Gasteiger partial charge in [-0.25, -0.2) is 0 Å². The zero-order valence-corrected chi connectivity index (χ0v) is 24.7. The summed E-state index contributed by atoms with van der Waals surface area (Å²) in [6, 6.07) is 11.8. The largest absolute Gasteiger partial charge is 0.368 e. The second-order valence-corrected chi connectivity index (χ2v) is 10.6. The number of hydrogen-bond acceptors (Lipinski definition) is 10. The van der Waals surface area contributed by atoms with E-state index in [1.165, 1.54) is 0 Å². The number of aliphatic imine (C=N–C) groups is 4. The molecule has 6 rings (SSSR count). The van der Waals surface area contributed by atoms with Crippen LogP contribution in [-0.2, 0) is 9.59 Å². The van der Waals surface area contributed by atoms with Crippen molar-refractivity contribution < 1.29 is 9.59 Å². The molecule has 1 atom stereocenters. The fraction of sp³-hybridized carbons (Fsp3) is 0.400. The first kappa shape index (κ1) is 30.2. The van der Waals surface area contributed by atoms with Gasteiger partial charge in [0, 0.05) is 73.3 Å². The quantitative estimate of drug-likeness (QED) is 0.215. The number of nitrogens with one attached hydrogen (secondary N) is 6. The number of carbonyl (C=O) groups is 2. The second kappa shape index (κ2) is 14.3. The maximum Gasteiger partial charge on any atom is 0.224 e. The minimum Gasteiger partial charge on any atom is -0.368 e. The van der Waals surface area contributed by atoms with Crippen LogP contribution >= 0.6 is 12.4 Å². The number of rotatable bonds is 11. The molecule has 0 saturated carbocycles. The van der Waals surface area contributed by atoms with Gasteiger partial charge in [-0.3, -0.25) is 34.9 Å². The molecule has 0 radical (unpaired) electrons. The Morgan fingerprint density at radius 2 is 1.19 bits per heavy atom. The molecule has 0 spiro atoms. The van der Waals surface area contributed by atoms with Crippen molar-refractivity contribution in [3.05, 3.63) is 58.7 Å². The molecule has 0 fully saturated rings. The van der Waals surface area contributed by atoms with E-state index in [0.29, 0.717) is 37.1 Å². The molecule has 0 saturated heterocycles. The molecule has 12 nitrogen and oxygen atoms in total. The number of benzene rings is 2. The number of carbonyl (C=O) groups excluding carboxylic acids is 2. The van der Waals surface area contributed by atoms with Crippen LogP contribution in [0.2, 0.25) is 0 Å². The molecule has 2 aromatic rings. The summed E-state index contributed by atoms with van der Waals surface area (Å²) in [6.07, 6.45) is 3.56. The fourth-order valence-corrected chi connectivity index (χ4v) is 5.36. The molecule has 4 heterocycles. The van der Waals surface area contributed by atoms with Gasteiger partial charge in [0.2, 0.25) is 11.8 Å². The van der Waals surface area contributed by atoms with E-state index in [1.807, 2.05) is 36.5 Å². The molecule has 13 heteroatoms. The SMILES string of the molecule is Cl.O=C(CCCCC(=O)Nc1cc(C2=NCCN2)cc(C2N=CCN2)c1)Nc1cc(C2=NCCN2)cc(C2=NCCN2)c1. The van der Waals surface area contributed by atoms with Crippen molar-refractivity contribution in [2.45, 2.75) is 31.8 Å². The predicted molar refractivity (Wildman–Crippen MR) is 173 cm³/mol. The van der Waals surface area contributed by atoms with Crippen LogP contribution in [0.25, 0.3) is 0 Å². The molecule has 226 valence electrons. The second-order valence-electron chi connectivity index (χ2n) is 10.6. The fourth-order valence-electron chi connectivity index (χ4n) is 5.36. The van der Waals surface area contributed by atoms with Crippen molar-refractivity contribution in [3.63, 3.8) is 0 Å². The van der Waals surface area contributed by atoms with Gasteiger partial charge >= 0.3 is 0 Å². The number of hydrogen-bond donors (Lipinski definition) is 6. The summed E-state index contributed by atoms with van der Waals surface area (Å²) in [6.45, 7) is 5.34. The average molecular weight is 605 g/mol. The van der Waals surface area contributed by atoms with E-state index in [4.69, 9.17) is 0 Å². The van der Waals surface area contributed by atoms with Crippen molar-refractivity contribution in [1.29, 1.82) is 0 Å². The van der Waals surface area contributed by atoms with Crippen LogP contribution in [0.5, 0.6) is 0 Å². The van der Waals surface area contributed by atoms with Gasteiger partial charge in [-0.2, -0.15) is 0 Å². The van der Waals surface area contributed by atoms with E-state index in [9.17, 15) is 9.59 Å². The van der Waals surface area contributed by atoms with E-state index in [1.54, 1.807) is 0 Å². The Morgan fingerprint density at radius 3 is 1.63 bits per heavy atom. The molecule has 2 aromatic carbocycles. The molecule has 43 heavy (non-hydrogen) atoms. The van der Waals surface area contributed by atoms with Gasteiger partial charge < -0.3 is 26.6 Å². The lowest BCUT2D eigenvalue weighted by Crippen LogP contribution is -2.23. The van der Waals surface area contributed by atoms with Crippen molar-refractivity contribution in [2.75, 3.05) is 56.4 Å². The lowest BCUT2D eigenvalue weighted by molar-refractivity contribution is -0.118. The van der Waals surface area contributed by atoms with E-state index in [0.717, 1.165) is 85.6 Å². The molecule has 4 aliphatic rings. The van der Waals surface area contributed by atoms with Crippen molar-refractivity contribution in [1.82, 2.24) is 21.3 Å². The van der Waals surface area contributed by atoms with Crippen LogP contribution in [0.15, 0.2) is 56.4 Å². The number of nitrogens with zero attached hydrogens (tertiary/aromatic N) is 4. The Morgan fingerprint density at radius 1 is 0.698 bits per heavy atom. The lowest BCUT2D eigenvalue weighted by Gasteiger charge is -2.15. The zero-order chi connectivity index (χ0) is 28.7. The third-order valence-corrected chi connectivity index (χ3v) is 7.33. The van der Waals surface area contributed by atoms with Gasteiger partial charge in [-0.05, 0) is 54.8 Å². The highest BCUT2D eigenvalue weighted by Crippen LogP contribution is 2.24. The number of halogens is 1. The minimum atomic E-state index is -0.136. The maximum absolute atomic E-state index is 12.8. The molecule has 1 unspecified atom stereocenters. The summed E-state index contributed by atoms with van der Waals surface area (Å²) in [5.74, 6) is 2.31. The van der Waals surface area contributed by atoms with Gasteiger partial charge in [0.05, 0.1) is 19.6 Å². The summed E-state index contributed by atoms with van der Waals surface area (Å²) in [5.41, 5.74) is 5.17. The van der Waals surface area contributed by atoms with Crippen LogP contribution < -0.4 is 31.9 Å². The summed E-state index contributed by atoms with van der Waals surface area (Å²) in [4.78, 5) is 43.7. The van der Waals surface area contributed by atoms with Crippen LogP contribution in [0.4, 0.5) is 11.4 Å². The number of anilines is 2. The first-order chi connectivity index (χ1) is 20.6. The Hall–Kier alpha value is -4.29. The predicted octanol–water partition coefficient (Wildman–Crippen LogP) is 1.97. The van der Waals surface area contributed by atoms with Crippen molar-refractivity contribution in [2.24, 2.45) is 20.0 Å². The Kier molecular flexibility index (Phi) is 10.0. The molecule has 0 bridgehead atoms. The zero-order valence-electron chi connectivity index (χ0n) is 23.9. The van der Waals surface area contributed by atoms with Gasteiger partial charge in [-0.1, -0.05) is 0 Å². The van der Waals surface area contributed by atoms with Crippen LogP contribution in [0.1, 0.15) is 54.1 Å². The van der Waals surface area contributed by atoms with E-state index in [2.05, 4.69) is 57.9 Å². The first-order valence-electron chi connectivity index (χ1n) is 14.6. The highest BCUT2D eigenvalue weighted by molar-refractivity contribution is 6.07. The summed E-state index contributed by atoms with van der Waals surface area (Å²) >= 11 is 0. The van der Waals surface area contributed by atoms with Crippen molar-refractivity contribution >= 4 is 59.3 Å². The van der Waals surface area contributed by atoms with Gasteiger partial charge in [-0.15, -0.1) is 12.4 Å². The van der Waals surface area contributed by atoms with Crippen LogP contribution in [0.3, 0.4) is 0 Å². The number of amides is 2. The smallest absolute Gasteiger partial charge is 0.224 e. The number of unbranched alkanes of at least 4 members (excludes halogenated alkanes) is 1. The van der Waals surface area contributed by atoms with Crippen LogP contribution in [-0.4, -0.2) is 81.3 Å². The molecular formula is C30H37ClN10O2. The summed E-state index contributed by atoms with van der Waals surface area (Å²) in [7, 11) is 0. The topological polar surface area (TPSA) is 156 Å². The van der Waals surface area contributed by atoms with E-state index >= 15 is 0 Å². The van der Waals surface area contributed by atoms with Gasteiger partial charge in [0.1, 0.15) is 23.7 Å². The van der Waals surface area contributed by atoms with E-state index < -0.39 is 0 Å². The summed E-state index contributed by atoms with van der Waals surface area (Å²) < 4.78 is 0. The molecule has 0 aliphatic carbocycles. The lowest BCUT2D eigenvalue weighted by atomic mass is 10.1. The third-order valence-electron chi connectivity index (χ3n) is 7.33. The third kappa shape index (κ3) is 7.76. The number of amidine groups is 3.